The van der Waals surface area contributed by atoms with E-state index in [1.54, 1.807) is 11.0 Å². The molecule has 0 bridgehead atoms. The fourth-order valence-corrected chi connectivity index (χ4v) is 2.65. The summed E-state index contributed by atoms with van der Waals surface area (Å²) in [5.41, 5.74) is 0.124. The van der Waals surface area contributed by atoms with Crippen LogP contribution in [0.5, 0.6) is 0 Å². The highest BCUT2D eigenvalue weighted by atomic mass is 79.9. The van der Waals surface area contributed by atoms with Gasteiger partial charge in [-0.3, -0.25) is 4.79 Å². The van der Waals surface area contributed by atoms with Crippen LogP contribution < -0.4 is 0 Å². The molecule has 2 atom stereocenters. The first kappa shape index (κ1) is 13.8. The lowest BCUT2D eigenvalue weighted by molar-refractivity contribution is 0.0682. The topological polar surface area (TPSA) is 20.3 Å². The number of nitrogens with zero attached hydrogens (tertiary/aromatic N) is 1. The molecule has 0 aliphatic carbocycles. The van der Waals surface area contributed by atoms with Crippen LogP contribution in [0.1, 0.15) is 23.7 Å². The van der Waals surface area contributed by atoms with Crippen molar-refractivity contribution in [3.8, 4) is 0 Å². The number of carbonyl (C=O) groups is 1. The summed E-state index contributed by atoms with van der Waals surface area (Å²) in [7, 11) is 0. The number of amides is 1. The van der Waals surface area contributed by atoms with E-state index < -0.39 is 5.82 Å². The number of hydrogen-bond donors (Lipinski definition) is 0. The lowest BCUT2D eigenvalue weighted by Gasteiger charge is -2.34. The SMILES string of the molecule is CC1CN(C(=O)c2ccc(Br)cc2F)CCC1Cl. The average molecular weight is 335 g/mol. The predicted octanol–water partition coefficient (Wildman–Crippen LogP) is 3.68. The summed E-state index contributed by atoms with van der Waals surface area (Å²) in [5, 5.41) is 0.101. The highest BCUT2D eigenvalue weighted by Crippen LogP contribution is 2.24. The third kappa shape index (κ3) is 2.86. The molecule has 0 N–H and O–H groups in total. The van der Waals surface area contributed by atoms with E-state index in [4.69, 9.17) is 11.6 Å². The van der Waals surface area contributed by atoms with E-state index in [-0.39, 0.29) is 22.8 Å². The lowest BCUT2D eigenvalue weighted by atomic mass is 9.99. The van der Waals surface area contributed by atoms with Gasteiger partial charge in [-0.1, -0.05) is 22.9 Å². The second-order valence-corrected chi connectivity index (χ2v) is 6.13. The van der Waals surface area contributed by atoms with E-state index >= 15 is 0 Å². The van der Waals surface area contributed by atoms with Crippen LogP contribution in [0.25, 0.3) is 0 Å². The Hall–Kier alpha value is -0.610. The Bertz CT molecular complexity index is 468. The van der Waals surface area contributed by atoms with Crippen LogP contribution in [-0.4, -0.2) is 29.3 Å². The Morgan fingerprint density at radius 1 is 1.56 bits per heavy atom. The molecule has 0 radical (unpaired) electrons. The zero-order valence-electron chi connectivity index (χ0n) is 10.00. The van der Waals surface area contributed by atoms with Gasteiger partial charge >= 0.3 is 0 Å². The van der Waals surface area contributed by atoms with Crippen LogP contribution in [0.2, 0.25) is 0 Å². The quantitative estimate of drug-likeness (QED) is 0.718. The number of rotatable bonds is 1. The smallest absolute Gasteiger partial charge is 0.256 e. The van der Waals surface area contributed by atoms with Gasteiger partial charge in [-0.2, -0.15) is 0 Å². The minimum absolute atomic E-state index is 0.101. The standard InChI is InChI=1S/C13H14BrClFNO/c1-8-7-17(5-4-11(8)15)13(18)10-3-2-9(14)6-12(10)16/h2-3,6,8,11H,4-5,7H2,1H3. The molecule has 1 saturated heterocycles. The summed E-state index contributed by atoms with van der Waals surface area (Å²) in [6.07, 6.45) is 0.757. The summed E-state index contributed by atoms with van der Waals surface area (Å²) in [6.45, 7) is 3.18. The van der Waals surface area contributed by atoms with E-state index in [1.165, 1.54) is 12.1 Å². The maximum Gasteiger partial charge on any atom is 0.256 e. The van der Waals surface area contributed by atoms with Gasteiger partial charge in [0.1, 0.15) is 5.82 Å². The summed E-state index contributed by atoms with van der Waals surface area (Å²) in [5.74, 6) is -0.506. The van der Waals surface area contributed by atoms with Gasteiger partial charge in [0.25, 0.3) is 5.91 Å². The molecule has 2 unspecified atom stereocenters. The van der Waals surface area contributed by atoms with E-state index in [0.29, 0.717) is 17.6 Å². The third-order valence-corrected chi connectivity index (χ3v) is 4.39. The summed E-state index contributed by atoms with van der Waals surface area (Å²) < 4.78 is 14.4. The van der Waals surface area contributed by atoms with Gasteiger partial charge in [-0.25, -0.2) is 4.39 Å². The molecule has 18 heavy (non-hydrogen) atoms. The van der Waals surface area contributed by atoms with Crippen molar-refractivity contribution in [2.24, 2.45) is 5.92 Å². The maximum atomic E-state index is 13.7. The number of alkyl halides is 1. The average Bonchev–Trinajstić information content (AvgIpc) is 2.32. The Morgan fingerprint density at radius 3 is 2.89 bits per heavy atom. The van der Waals surface area contributed by atoms with Crippen molar-refractivity contribution in [2.75, 3.05) is 13.1 Å². The van der Waals surface area contributed by atoms with Crippen molar-refractivity contribution in [1.29, 1.82) is 0 Å². The number of carbonyl (C=O) groups excluding carboxylic acids is 1. The molecule has 1 fully saturated rings. The molecule has 2 rings (SSSR count). The van der Waals surface area contributed by atoms with Crippen molar-refractivity contribution in [3.05, 3.63) is 34.1 Å². The van der Waals surface area contributed by atoms with E-state index in [9.17, 15) is 9.18 Å². The minimum Gasteiger partial charge on any atom is -0.338 e. The van der Waals surface area contributed by atoms with Gasteiger partial charge in [0.2, 0.25) is 0 Å². The van der Waals surface area contributed by atoms with Crippen LogP contribution in [0.15, 0.2) is 22.7 Å². The van der Waals surface area contributed by atoms with Gasteiger partial charge in [0.05, 0.1) is 5.56 Å². The Morgan fingerprint density at radius 2 is 2.28 bits per heavy atom. The first-order chi connectivity index (χ1) is 8.49. The minimum atomic E-state index is -0.491. The number of piperidine rings is 1. The van der Waals surface area contributed by atoms with Crippen molar-refractivity contribution >= 4 is 33.4 Å². The van der Waals surface area contributed by atoms with Gasteiger partial charge < -0.3 is 4.90 Å². The summed E-state index contributed by atoms with van der Waals surface area (Å²) >= 11 is 9.29. The molecule has 1 aliphatic heterocycles. The van der Waals surface area contributed by atoms with E-state index in [2.05, 4.69) is 15.9 Å². The molecular weight excluding hydrogens is 321 g/mol. The normalized spacial score (nSPS) is 24.1. The van der Waals surface area contributed by atoms with Gasteiger partial charge in [-0.15, -0.1) is 11.6 Å². The molecule has 1 heterocycles. The maximum absolute atomic E-state index is 13.7. The summed E-state index contributed by atoms with van der Waals surface area (Å²) in [6, 6.07) is 4.50. The van der Waals surface area contributed by atoms with Crippen LogP contribution >= 0.6 is 27.5 Å². The van der Waals surface area contributed by atoms with Crippen LogP contribution in [0.4, 0.5) is 4.39 Å². The monoisotopic (exact) mass is 333 g/mol. The number of likely N-dealkylation sites (tertiary alicyclic amines) is 1. The molecule has 1 aliphatic rings. The molecule has 2 nitrogen and oxygen atoms in total. The molecule has 98 valence electrons. The zero-order chi connectivity index (χ0) is 13.3. The Kier molecular flexibility index (Phi) is 4.28. The molecule has 0 spiro atoms. The third-order valence-electron chi connectivity index (χ3n) is 3.25. The number of benzene rings is 1. The largest absolute Gasteiger partial charge is 0.338 e. The highest BCUT2D eigenvalue weighted by molar-refractivity contribution is 9.10. The first-order valence-electron chi connectivity index (χ1n) is 5.87. The summed E-state index contributed by atoms with van der Waals surface area (Å²) in [4.78, 5) is 13.9. The fourth-order valence-electron chi connectivity index (χ4n) is 2.13. The van der Waals surface area contributed by atoms with Crippen LogP contribution in [-0.2, 0) is 0 Å². The molecule has 1 aromatic rings. The van der Waals surface area contributed by atoms with Crippen molar-refractivity contribution in [1.82, 2.24) is 4.90 Å². The molecule has 0 saturated carbocycles. The van der Waals surface area contributed by atoms with Gasteiger partial charge in [0.15, 0.2) is 0 Å². The van der Waals surface area contributed by atoms with Crippen molar-refractivity contribution in [3.63, 3.8) is 0 Å². The number of hydrogen-bond acceptors (Lipinski definition) is 1. The van der Waals surface area contributed by atoms with E-state index in [1.807, 2.05) is 6.92 Å². The second-order valence-electron chi connectivity index (χ2n) is 4.66. The first-order valence-corrected chi connectivity index (χ1v) is 7.10. The fraction of sp³-hybridized carbons (Fsp3) is 0.462. The van der Waals surface area contributed by atoms with Crippen molar-refractivity contribution in [2.45, 2.75) is 18.7 Å². The predicted molar refractivity (Wildman–Crippen MR) is 73.4 cm³/mol. The van der Waals surface area contributed by atoms with Crippen molar-refractivity contribution < 1.29 is 9.18 Å². The molecular formula is C13H14BrClFNO. The molecule has 1 aromatic carbocycles. The molecule has 1 amide bonds. The lowest BCUT2D eigenvalue weighted by Crippen LogP contribution is -2.43. The van der Waals surface area contributed by atoms with Gasteiger partial charge in [-0.05, 0) is 30.5 Å². The van der Waals surface area contributed by atoms with E-state index in [0.717, 1.165) is 6.42 Å². The Labute approximate surface area is 119 Å². The Balaban J connectivity index is 2.16. The number of halogens is 3. The van der Waals surface area contributed by atoms with Crippen LogP contribution in [0.3, 0.4) is 0 Å². The molecule has 0 aromatic heterocycles. The van der Waals surface area contributed by atoms with Crippen LogP contribution in [0, 0.1) is 11.7 Å². The zero-order valence-corrected chi connectivity index (χ0v) is 12.3. The second kappa shape index (κ2) is 5.57. The van der Waals surface area contributed by atoms with Gasteiger partial charge in [0, 0.05) is 22.9 Å². The highest BCUT2D eigenvalue weighted by Gasteiger charge is 2.28. The molecule has 5 heteroatoms.